The molecule has 168 valence electrons. The van der Waals surface area contributed by atoms with E-state index in [1.165, 1.54) is 12.0 Å². The van der Waals surface area contributed by atoms with Crippen molar-refractivity contribution in [3.63, 3.8) is 0 Å². The van der Waals surface area contributed by atoms with E-state index in [4.69, 9.17) is 9.72 Å². The quantitative estimate of drug-likeness (QED) is 0.566. The fraction of sp³-hybridized carbons (Fsp3) is 0.407. The van der Waals surface area contributed by atoms with Crippen molar-refractivity contribution in [3.05, 3.63) is 59.2 Å². The summed E-state index contributed by atoms with van der Waals surface area (Å²) in [5.41, 5.74) is 4.95. The van der Waals surface area contributed by atoms with Gasteiger partial charge in [0.25, 0.3) is 5.91 Å². The van der Waals surface area contributed by atoms with Gasteiger partial charge >= 0.3 is 0 Å². The summed E-state index contributed by atoms with van der Waals surface area (Å²) in [4.78, 5) is 19.9. The highest BCUT2D eigenvalue weighted by Crippen LogP contribution is 2.30. The van der Waals surface area contributed by atoms with Crippen LogP contribution in [0.1, 0.15) is 37.0 Å². The molecule has 1 N–H and O–H groups in total. The van der Waals surface area contributed by atoms with Gasteiger partial charge in [-0.15, -0.1) is 0 Å². The van der Waals surface area contributed by atoms with E-state index in [1.54, 1.807) is 0 Å². The largest absolute Gasteiger partial charge is 0.481 e. The second kappa shape index (κ2) is 9.19. The molecule has 2 atom stereocenters. The number of hydrogen-bond donors (Lipinski definition) is 1. The van der Waals surface area contributed by atoms with Gasteiger partial charge in [0.15, 0.2) is 6.61 Å². The molecule has 2 unspecified atom stereocenters. The third-order valence-corrected chi connectivity index (χ3v) is 6.16. The van der Waals surface area contributed by atoms with E-state index in [9.17, 15) is 4.79 Å². The summed E-state index contributed by atoms with van der Waals surface area (Å²) in [5.74, 6) is 2.74. The molecule has 32 heavy (non-hydrogen) atoms. The van der Waals surface area contributed by atoms with Gasteiger partial charge in [0, 0.05) is 24.2 Å². The van der Waals surface area contributed by atoms with Crippen LogP contribution in [0.25, 0.3) is 10.9 Å². The number of amides is 1. The lowest BCUT2D eigenvalue weighted by molar-refractivity contribution is -0.118. The summed E-state index contributed by atoms with van der Waals surface area (Å²) in [7, 11) is 0. The van der Waals surface area contributed by atoms with Gasteiger partial charge in [-0.05, 0) is 68.4 Å². The van der Waals surface area contributed by atoms with Crippen molar-refractivity contribution >= 4 is 28.3 Å². The maximum atomic E-state index is 12.6. The number of piperidine rings is 1. The van der Waals surface area contributed by atoms with Crippen molar-refractivity contribution < 1.29 is 9.53 Å². The Morgan fingerprint density at radius 3 is 2.44 bits per heavy atom. The number of fused-ring (bicyclic) bond motifs is 1. The Morgan fingerprint density at radius 1 is 1.06 bits per heavy atom. The van der Waals surface area contributed by atoms with Gasteiger partial charge in [0.1, 0.15) is 17.1 Å². The van der Waals surface area contributed by atoms with Crippen LogP contribution in [0.5, 0.6) is 5.75 Å². The molecule has 0 aliphatic carbocycles. The van der Waals surface area contributed by atoms with Crippen molar-refractivity contribution in [1.29, 1.82) is 0 Å². The van der Waals surface area contributed by atoms with Gasteiger partial charge in [-0.25, -0.2) is 4.98 Å². The zero-order chi connectivity index (χ0) is 22.8. The van der Waals surface area contributed by atoms with Crippen LogP contribution in [0.15, 0.2) is 42.5 Å². The lowest BCUT2D eigenvalue weighted by Crippen LogP contribution is -2.39. The smallest absolute Gasteiger partial charge is 0.262 e. The van der Waals surface area contributed by atoms with Crippen molar-refractivity contribution in [2.45, 2.75) is 41.0 Å². The molecule has 0 bridgehead atoms. The van der Waals surface area contributed by atoms with Crippen LogP contribution in [-0.2, 0) is 4.79 Å². The average molecular weight is 432 g/mol. The number of aromatic nitrogens is 1. The Morgan fingerprint density at radius 2 is 1.75 bits per heavy atom. The van der Waals surface area contributed by atoms with Crippen molar-refractivity contribution in [3.8, 4) is 5.75 Å². The molecule has 1 fully saturated rings. The van der Waals surface area contributed by atoms with Crippen molar-refractivity contribution in [2.24, 2.45) is 11.8 Å². The van der Waals surface area contributed by atoms with Crippen molar-refractivity contribution in [1.82, 2.24) is 4.98 Å². The number of rotatable bonds is 5. The number of benzene rings is 2. The maximum absolute atomic E-state index is 12.6. The molecule has 1 amide bonds. The highest BCUT2D eigenvalue weighted by Gasteiger charge is 2.23. The Labute approximate surface area is 190 Å². The number of hydrogen-bond acceptors (Lipinski definition) is 4. The molecule has 0 radical (unpaired) electrons. The molecular weight excluding hydrogens is 398 g/mol. The second-order valence-electron chi connectivity index (χ2n) is 9.46. The predicted octanol–water partition coefficient (Wildman–Crippen LogP) is 5.66. The van der Waals surface area contributed by atoms with Gasteiger partial charge < -0.3 is 15.0 Å². The number of aryl methyl sites for hydroxylation is 3. The van der Waals surface area contributed by atoms with Gasteiger partial charge in [-0.1, -0.05) is 43.7 Å². The second-order valence-corrected chi connectivity index (χ2v) is 9.46. The van der Waals surface area contributed by atoms with E-state index in [0.29, 0.717) is 17.6 Å². The third kappa shape index (κ3) is 4.87. The number of para-hydroxylation sites is 1. The predicted molar refractivity (Wildman–Crippen MR) is 132 cm³/mol. The molecule has 1 aromatic heterocycles. The summed E-state index contributed by atoms with van der Waals surface area (Å²) in [6.45, 7) is 12.6. The van der Waals surface area contributed by atoms with Gasteiger partial charge in [0.2, 0.25) is 0 Å². The van der Waals surface area contributed by atoms with Crippen LogP contribution in [0.2, 0.25) is 0 Å². The molecule has 1 aliphatic rings. The maximum Gasteiger partial charge on any atom is 0.262 e. The first-order valence-corrected chi connectivity index (χ1v) is 11.5. The Kier molecular flexibility index (Phi) is 6.35. The van der Waals surface area contributed by atoms with Crippen LogP contribution in [0, 0.1) is 32.6 Å². The molecule has 2 aromatic carbocycles. The summed E-state index contributed by atoms with van der Waals surface area (Å²) < 4.78 is 5.95. The molecule has 1 aliphatic heterocycles. The minimum Gasteiger partial charge on any atom is -0.481 e. The topological polar surface area (TPSA) is 54.5 Å². The molecule has 5 nitrogen and oxygen atoms in total. The molecule has 0 spiro atoms. The van der Waals surface area contributed by atoms with E-state index >= 15 is 0 Å². The number of nitrogens with one attached hydrogen (secondary N) is 1. The van der Waals surface area contributed by atoms with E-state index in [0.717, 1.165) is 46.6 Å². The van der Waals surface area contributed by atoms with Crippen LogP contribution >= 0.6 is 0 Å². The number of carbonyl (C=O) groups is 1. The van der Waals surface area contributed by atoms with Crippen LogP contribution in [-0.4, -0.2) is 30.6 Å². The SMILES string of the molecule is Cc1cc(C)c(NC(=O)COc2cccc3ccc(N4CC(C)CC(C)C4)nc23)c(C)c1. The molecule has 5 heteroatoms. The number of nitrogens with zero attached hydrogens (tertiary/aromatic N) is 2. The molecule has 0 saturated carbocycles. The number of anilines is 2. The summed E-state index contributed by atoms with van der Waals surface area (Å²) in [6.07, 6.45) is 1.26. The molecule has 1 saturated heterocycles. The molecule has 3 aromatic rings. The van der Waals surface area contributed by atoms with E-state index < -0.39 is 0 Å². The normalized spacial score (nSPS) is 18.6. The van der Waals surface area contributed by atoms with Gasteiger partial charge in [-0.2, -0.15) is 0 Å². The standard InChI is InChI=1S/C27H33N3O2/c1-17-12-20(4)26(21(5)13-17)29-25(31)16-32-23-8-6-7-22-9-10-24(28-27(22)23)30-14-18(2)11-19(3)15-30/h6-10,12-13,18-19H,11,14-16H2,1-5H3,(H,29,31). The molecule has 2 heterocycles. The van der Waals surface area contributed by atoms with E-state index in [-0.39, 0.29) is 12.5 Å². The third-order valence-electron chi connectivity index (χ3n) is 6.16. The van der Waals surface area contributed by atoms with Crippen LogP contribution < -0.4 is 15.0 Å². The zero-order valence-electron chi connectivity index (χ0n) is 19.7. The number of carbonyl (C=O) groups excluding carboxylic acids is 1. The fourth-order valence-electron chi connectivity index (χ4n) is 4.95. The van der Waals surface area contributed by atoms with Gasteiger partial charge in [0.05, 0.1) is 0 Å². The Balaban J connectivity index is 1.51. The molecular formula is C27H33N3O2. The summed E-state index contributed by atoms with van der Waals surface area (Å²) >= 11 is 0. The van der Waals surface area contributed by atoms with E-state index in [1.807, 2.05) is 32.0 Å². The Hall–Kier alpha value is -3.08. The van der Waals surface area contributed by atoms with Crippen LogP contribution in [0.4, 0.5) is 11.5 Å². The van der Waals surface area contributed by atoms with Crippen molar-refractivity contribution in [2.75, 3.05) is 29.9 Å². The summed E-state index contributed by atoms with van der Waals surface area (Å²) in [6, 6.07) is 14.2. The first kappa shape index (κ1) is 22.1. The highest BCUT2D eigenvalue weighted by atomic mass is 16.5. The minimum absolute atomic E-state index is 0.0600. The first-order valence-electron chi connectivity index (χ1n) is 11.5. The first-order chi connectivity index (χ1) is 15.3. The summed E-state index contributed by atoms with van der Waals surface area (Å²) in [5, 5.41) is 4.01. The Bertz CT molecular complexity index is 1110. The zero-order valence-corrected chi connectivity index (χ0v) is 19.7. The monoisotopic (exact) mass is 431 g/mol. The lowest BCUT2D eigenvalue weighted by atomic mass is 9.92. The van der Waals surface area contributed by atoms with Crippen LogP contribution in [0.3, 0.4) is 0 Å². The van der Waals surface area contributed by atoms with E-state index in [2.05, 4.69) is 55.3 Å². The highest BCUT2D eigenvalue weighted by molar-refractivity contribution is 5.94. The number of pyridine rings is 1. The lowest BCUT2D eigenvalue weighted by Gasteiger charge is -2.35. The average Bonchev–Trinajstić information content (AvgIpc) is 2.73. The number of ether oxygens (including phenoxy) is 1. The van der Waals surface area contributed by atoms with Gasteiger partial charge in [-0.3, -0.25) is 4.79 Å². The minimum atomic E-state index is -0.174. The molecule has 4 rings (SSSR count). The fourth-order valence-corrected chi connectivity index (χ4v) is 4.95.